The summed E-state index contributed by atoms with van der Waals surface area (Å²) in [6.07, 6.45) is 0. The molecule has 1 aromatic heterocycles. The van der Waals surface area contributed by atoms with Crippen molar-refractivity contribution in [3.8, 4) is 11.4 Å². The van der Waals surface area contributed by atoms with E-state index in [4.69, 9.17) is 4.74 Å². The summed E-state index contributed by atoms with van der Waals surface area (Å²) >= 11 is 1.32. The molecule has 3 rings (SSSR count). The van der Waals surface area contributed by atoms with Crippen molar-refractivity contribution in [3.63, 3.8) is 0 Å². The fourth-order valence-electron chi connectivity index (χ4n) is 2.65. The molecule has 0 bridgehead atoms. The Morgan fingerprint density at radius 2 is 1.89 bits per heavy atom. The third kappa shape index (κ3) is 4.58. The lowest BCUT2D eigenvalue weighted by Gasteiger charge is -2.08. The Morgan fingerprint density at radius 3 is 2.61 bits per heavy atom. The van der Waals surface area contributed by atoms with E-state index in [-0.39, 0.29) is 11.7 Å². The predicted octanol–water partition coefficient (Wildman–Crippen LogP) is 3.48. The maximum atomic E-state index is 12.3. The topological polar surface area (TPSA) is 86.1 Å². The lowest BCUT2D eigenvalue weighted by molar-refractivity contribution is -0.113. The zero-order valence-electron chi connectivity index (χ0n) is 15.6. The summed E-state index contributed by atoms with van der Waals surface area (Å²) < 4.78 is 6.67. The molecule has 0 atom stereocenters. The van der Waals surface area contributed by atoms with Crippen LogP contribution in [0.15, 0.2) is 59.8 Å². The van der Waals surface area contributed by atoms with E-state index >= 15 is 0 Å². The summed E-state index contributed by atoms with van der Waals surface area (Å²) in [6.45, 7) is 2.71. The van der Waals surface area contributed by atoms with Crippen molar-refractivity contribution in [1.82, 2.24) is 14.8 Å². The van der Waals surface area contributed by atoms with Crippen LogP contribution in [0.4, 0.5) is 5.69 Å². The van der Waals surface area contributed by atoms with E-state index in [1.807, 2.05) is 41.8 Å². The molecule has 0 saturated heterocycles. The predicted molar refractivity (Wildman–Crippen MR) is 108 cm³/mol. The molecular formula is C20H20N4O3S. The largest absolute Gasteiger partial charge is 0.465 e. The van der Waals surface area contributed by atoms with Crippen molar-refractivity contribution in [2.45, 2.75) is 18.6 Å². The molecule has 144 valence electrons. The van der Waals surface area contributed by atoms with Gasteiger partial charge in [0.2, 0.25) is 5.91 Å². The number of anilines is 1. The monoisotopic (exact) mass is 396 g/mol. The number of nitrogens with one attached hydrogen (secondary N) is 1. The summed E-state index contributed by atoms with van der Waals surface area (Å²) in [5, 5.41) is 12.0. The molecule has 28 heavy (non-hydrogen) atoms. The van der Waals surface area contributed by atoms with E-state index in [2.05, 4.69) is 15.5 Å². The van der Waals surface area contributed by atoms with Gasteiger partial charge in [0, 0.05) is 17.8 Å². The highest BCUT2D eigenvalue weighted by atomic mass is 32.2. The van der Waals surface area contributed by atoms with Gasteiger partial charge in [-0.05, 0) is 25.1 Å². The summed E-state index contributed by atoms with van der Waals surface area (Å²) in [6, 6.07) is 16.4. The van der Waals surface area contributed by atoms with Gasteiger partial charge in [-0.3, -0.25) is 4.79 Å². The third-order valence-electron chi connectivity index (χ3n) is 3.96. The van der Waals surface area contributed by atoms with E-state index in [1.165, 1.54) is 18.9 Å². The number of aromatic nitrogens is 3. The molecule has 1 heterocycles. The first-order chi connectivity index (χ1) is 13.6. The van der Waals surface area contributed by atoms with Crippen molar-refractivity contribution < 1.29 is 14.3 Å². The second-order valence-electron chi connectivity index (χ2n) is 5.83. The summed E-state index contributed by atoms with van der Waals surface area (Å²) in [4.78, 5) is 23.9. The van der Waals surface area contributed by atoms with Crippen LogP contribution in [-0.4, -0.2) is 39.5 Å². The first-order valence-corrected chi connectivity index (χ1v) is 9.70. The molecule has 0 spiro atoms. The lowest BCUT2D eigenvalue weighted by Crippen LogP contribution is -2.15. The minimum absolute atomic E-state index is 0.176. The maximum absolute atomic E-state index is 12.3. The number of carbonyl (C=O) groups is 2. The van der Waals surface area contributed by atoms with Gasteiger partial charge in [0.15, 0.2) is 11.0 Å². The average Bonchev–Trinajstić information content (AvgIpc) is 3.15. The molecule has 0 aliphatic carbocycles. The number of methoxy groups -OCH3 is 1. The molecule has 0 radical (unpaired) electrons. The van der Waals surface area contributed by atoms with Gasteiger partial charge in [0.25, 0.3) is 0 Å². The van der Waals surface area contributed by atoms with Crippen molar-refractivity contribution in [1.29, 1.82) is 0 Å². The number of rotatable bonds is 7. The Bertz CT molecular complexity index is 973. The lowest BCUT2D eigenvalue weighted by atomic mass is 10.2. The smallest absolute Gasteiger partial charge is 0.337 e. The van der Waals surface area contributed by atoms with Crippen LogP contribution in [0.25, 0.3) is 11.4 Å². The number of esters is 1. The van der Waals surface area contributed by atoms with Crippen LogP contribution in [0, 0.1) is 0 Å². The van der Waals surface area contributed by atoms with E-state index in [1.54, 1.807) is 24.3 Å². The number of thioether (sulfide) groups is 1. The van der Waals surface area contributed by atoms with E-state index in [9.17, 15) is 9.59 Å². The molecule has 2 aromatic carbocycles. The van der Waals surface area contributed by atoms with Gasteiger partial charge >= 0.3 is 5.97 Å². The van der Waals surface area contributed by atoms with Crippen LogP contribution < -0.4 is 5.32 Å². The zero-order chi connectivity index (χ0) is 19.9. The highest BCUT2D eigenvalue weighted by molar-refractivity contribution is 7.99. The number of hydrogen-bond donors (Lipinski definition) is 1. The van der Waals surface area contributed by atoms with Crippen LogP contribution in [0.3, 0.4) is 0 Å². The summed E-state index contributed by atoms with van der Waals surface area (Å²) in [5.41, 5.74) is 1.90. The molecule has 0 aliphatic heterocycles. The molecule has 8 heteroatoms. The number of nitrogens with zero attached hydrogens (tertiary/aromatic N) is 3. The first-order valence-electron chi connectivity index (χ1n) is 8.72. The molecule has 1 amide bonds. The average molecular weight is 396 g/mol. The fourth-order valence-corrected chi connectivity index (χ4v) is 3.45. The summed E-state index contributed by atoms with van der Waals surface area (Å²) in [5.74, 6) is 0.306. The van der Waals surface area contributed by atoms with Crippen molar-refractivity contribution in [2.75, 3.05) is 18.2 Å². The van der Waals surface area contributed by atoms with Gasteiger partial charge in [0.05, 0.1) is 18.4 Å². The fraction of sp³-hybridized carbons (Fsp3) is 0.200. The van der Waals surface area contributed by atoms with Crippen molar-refractivity contribution >= 4 is 29.3 Å². The second kappa shape index (κ2) is 9.18. The molecule has 1 N–H and O–H groups in total. The highest BCUT2D eigenvalue weighted by Crippen LogP contribution is 2.24. The Morgan fingerprint density at radius 1 is 1.11 bits per heavy atom. The third-order valence-corrected chi connectivity index (χ3v) is 4.93. The van der Waals surface area contributed by atoms with Crippen LogP contribution in [0.1, 0.15) is 17.3 Å². The zero-order valence-corrected chi connectivity index (χ0v) is 16.4. The van der Waals surface area contributed by atoms with Crippen LogP contribution >= 0.6 is 11.8 Å². The molecule has 0 saturated carbocycles. The van der Waals surface area contributed by atoms with Gasteiger partial charge in [0.1, 0.15) is 0 Å². The number of ether oxygens (including phenoxy) is 1. The Labute approximate surface area is 167 Å². The van der Waals surface area contributed by atoms with Gasteiger partial charge in [-0.25, -0.2) is 4.79 Å². The first kappa shape index (κ1) is 19.6. The van der Waals surface area contributed by atoms with Crippen LogP contribution in [0.2, 0.25) is 0 Å². The quantitative estimate of drug-likeness (QED) is 0.486. The van der Waals surface area contributed by atoms with E-state index in [0.717, 1.165) is 11.4 Å². The van der Waals surface area contributed by atoms with Crippen molar-refractivity contribution in [2.24, 2.45) is 0 Å². The normalized spacial score (nSPS) is 10.5. The Hall–Kier alpha value is -3.13. The van der Waals surface area contributed by atoms with Crippen LogP contribution in [-0.2, 0) is 16.1 Å². The number of amides is 1. The summed E-state index contributed by atoms with van der Waals surface area (Å²) in [7, 11) is 1.32. The standard InChI is InChI=1S/C20H20N4O3S/c1-3-24-18(14-8-5-4-6-9-14)22-23-20(24)28-13-17(25)21-16-11-7-10-15(12-16)19(26)27-2/h4-12H,3,13H2,1-2H3,(H,21,25). The molecule has 0 unspecified atom stereocenters. The van der Waals surface area contributed by atoms with Gasteiger partial charge in [-0.2, -0.15) is 0 Å². The molecular weight excluding hydrogens is 376 g/mol. The number of hydrogen-bond acceptors (Lipinski definition) is 6. The molecule has 0 aliphatic rings. The maximum Gasteiger partial charge on any atom is 0.337 e. The minimum Gasteiger partial charge on any atom is -0.465 e. The van der Waals surface area contributed by atoms with E-state index < -0.39 is 5.97 Å². The van der Waals surface area contributed by atoms with Crippen molar-refractivity contribution in [3.05, 3.63) is 60.2 Å². The molecule has 3 aromatic rings. The Kier molecular flexibility index (Phi) is 6.44. The highest BCUT2D eigenvalue weighted by Gasteiger charge is 2.15. The Balaban J connectivity index is 1.65. The second-order valence-corrected chi connectivity index (χ2v) is 6.77. The van der Waals surface area contributed by atoms with Gasteiger partial charge in [-0.1, -0.05) is 48.2 Å². The SMILES string of the molecule is CCn1c(SCC(=O)Nc2cccc(C(=O)OC)c2)nnc1-c1ccccc1. The molecule has 7 nitrogen and oxygen atoms in total. The van der Waals surface area contributed by atoms with Crippen LogP contribution in [0.5, 0.6) is 0 Å². The van der Waals surface area contributed by atoms with E-state index in [0.29, 0.717) is 23.0 Å². The van der Waals surface area contributed by atoms with Gasteiger partial charge in [-0.15, -0.1) is 10.2 Å². The molecule has 0 fully saturated rings. The number of carbonyl (C=O) groups excluding carboxylic acids is 2. The van der Waals surface area contributed by atoms with Gasteiger partial charge < -0.3 is 14.6 Å². The minimum atomic E-state index is -0.449. The number of benzene rings is 2.